The minimum atomic E-state index is 0.263. The summed E-state index contributed by atoms with van der Waals surface area (Å²) in [6.45, 7) is 1.85. The van der Waals surface area contributed by atoms with E-state index in [1.807, 2.05) is 17.0 Å². The Kier molecular flexibility index (Phi) is 3.60. The first-order chi connectivity index (χ1) is 9.22. The van der Waals surface area contributed by atoms with E-state index in [1.165, 1.54) is 6.42 Å². The summed E-state index contributed by atoms with van der Waals surface area (Å²) in [6.07, 6.45) is 6.32. The first-order valence-corrected chi connectivity index (χ1v) is 7.28. The van der Waals surface area contributed by atoms with Crippen molar-refractivity contribution in [2.24, 2.45) is 17.6 Å². The Balaban J connectivity index is 1.51. The molecule has 1 aliphatic carbocycles. The fourth-order valence-corrected chi connectivity index (χ4v) is 3.51. The molecule has 104 valence electrons. The van der Waals surface area contributed by atoms with Crippen molar-refractivity contribution >= 4 is 5.91 Å². The maximum Gasteiger partial charge on any atom is 0.223 e. The molecular formula is C15H22N2O2. The fourth-order valence-electron chi connectivity index (χ4n) is 3.51. The molecule has 0 bridgehead atoms. The van der Waals surface area contributed by atoms with Crippen LogP contribution < -0.4 is 5.73 Å². The fraction of sp³-hybridized carbons (Fsp3) is 0.667. The van der Waals surface area contributed by atoms with Crippen LogP contribution in [0, 0.1) is 11.8 Å². The Morgan fingerprint density at radius 1 is 1.37 bits per heavy atom. The van der Waals surface area contributed by atoms with Gasteiger partial charge in [0.25, 0.3) is 0 Å². The molecule has 4 nitrogen and oxygen atoms in total. The van der Waals surface area contributed by atoms with Crippen LogP contribution in [0.5, 0.6) is 0 Å². The number of nitrogens with two attached hydrogens (primary N) is 1. The van der Waals surface area contributed by atoms with Gasteiger partial charge in [-0.05, 0) is 43.2 Å². The summed E-state index contributed by atoms with van der Waals surface area (Å²) in [5.41, 5.74) is 6.02. The van der Waals surface area contributed by atoms with Gasteiger partial charge in [0, 0.05) is 32.0 Å². The number of nitrogens with zero attached hydrogens (tertiary/aromatic N) is 1. The lowest BCUT2D eigenvalue weighted by Gasteiger charge is -2.27. The third-order valence-corrected chi connectivity index (χ3v) is 4.61. The smallest absolute Gasteiger partial charge is 0.223 e. The van der Waals surface area contributed by atoms with Crippen LogP contribution in [0.4, 0.5) is 0 Å². The van der Waals surface area contributed by atoms with Gasteiger partial charge in [-0.15, -0.1) is 0 Å². The average molecular weight is 262 g/mol. The third kappa shape index (κ3) is 2.84. The molecule has 4 heteroatoms. The molecule has 2 N–H and O–H groups in total. The lowest BCUT2D eigenvalue weighted by molar-refractivity contribution is -0.130. The minimum Gasteiger partial charge on any atom is -0.469 e. The highest BCUT2D eigenvalue weighted by molar-refractivity contribution is 5.76. The molecule has 0 spiro atoms. The van der Waals surface area contributed by atoms with Gasteiger partial charge >= 0.3 is 0 Å². The van der Waals surface area contributed by atoms with Gasteiger partial charge in [0.1, 0.15) is 5.76 Å². The number of amides is 1. The summed E-state index contributed by atoms with van der Waals surface area (Å²) in [5.74, 6) is 2.48. The monoisotopic (exact) mass is 262 g/mol. The van der Waals surface area contributed by atoms with Crippen molar-refractivity contribution in [2.45, 2.75) is 38.1 Å². The molecule has 1 unspecified atom stereocenters. The number of rotatable bonds is 3. The molecular weight excluding hydrogens is 240 g/mol. The number of carbonyl (C=O) groups excluding carboxylic acids is 1. The van der Waals surface area contributed by atoms with E-state index in [0.717, 1.165) is 31.7 Å². The molecule has 2 heterocycles. The van der Waals surface area contributed by atoms with Crippen molar-refractivity contribution in [2.75, 3.05) is 13.1 Å². The summed E-state index contributed by atoms with van der Waals surface area (Å²) in [6, 6.07) is 4.14. The van der Waals surface area contributed by atoms with E-state index >= 15 is 0 Å². The molecule has 1 aromatic rings. The molecule has 2 fully saturated rings. The molecule has 19 heavy (non-hydrogen) atoms. The second-order valence-corrected chi connectivity index (χ2v) is 5.97. The van der Waals surface area contributed by atoms with Crippen LogP contribution in [-0.4, -0.2) is 29.9 Å². The van der Waals surface area contributed by atoms with Gasteiger partial charge < -0.3 is 15.1 Å². The largest absolute Gasteiger partial charge is 0.469 e. The maximum absolute atomic E-state index is 12.2. The van der Waals surface area contributed by atoms with Crippen LogP contribution in [0.2, 0.25) is 0 Å². The van der Waals surface area contributed by atoms with Crippen molar-refractivity contribution < 1.29 is 9.21 Å². The molecule has 0 aromatic carbocycles. The summed E-state index contributed by atoms with van der Waals surface area (Å²) in [4.78, 5) is 14.3. The van der Waals surface area contributed by atoms with Crippen LogP contribution in [0.3, 0.4) is 0 Å². The van der Waals surface area contributed by atoms with Crippen LogP contribution in [-0.2, 0) is 11.2 Å². The molecule has 1 saturated carbocycles. The first kappa shape index (κ1) is 12.7. The number of aryl methyl sites for hydroxylation is 1. The van der Waals surface area contributed by atoms with E-state index in [9.17, 15) is 4.79 Å². The quantitative estimate of drug-likeness (QED) is 0.903. The SMILES string of the molecule is NC1CC[C@@H]2CN(C(=O)CCc3ccco3)C[C@@H]2C1. The van der Waals surface area contributed by atoms with Crippen molar-refractivity contribution in [1.29, 1.82) is 0 Å². The first-order valence-electron chi connectivity index (χ1n) is 7.28. The molecule has 2 aliphatic rings. The third-order valence-electron chi connectivity index (χ3n) is 4.61. The number of hydrogen-bond donors (Lipinski definition) is 1. The van der Waals surface area contributed by atoms with Crippen LogP contribution in [0.25, 0.3) is 0 Å². The number of hydrogen-bond acceptors (Lipinski definition) is 3. The normalized spacial score (nSPS) is 30.4. The minimum absolute atomic E-state index is 0.263. The summed E-state index contributed by atoms with van der Waals surface area (Å²) < 4.78 is 5.27. The molecule has 1 aliphatic heterocycles. The van der Waals surface area contributed by atoms with Gasteiger partial charge in [0.2, 0.25) is 5.91 Å². The average Bonchev–Trinajstić information content (AvgIpc) is 3.04. The van der Waals surface area contributed by atoms with E-state index in [-0.39, 0.29) is 5.91 Å². The molecule has 0 radical (unpaired) electrons. The van der Waals surface area contributed by atoms with Crippen LogP contribution >= 0.6 is 0 Å². The Bertz CT molecular complexity index is 429. The van der Waals surface area contributed by atoms with Crippen molar-refractivity contribution in [3.63, 3.8) is 0 Å². The topological polar surface area (TPSA) is 59.5 Å². The van der Waals surface area contributed by atoms with Gasteiger partial charge in [-0.1, -0.05) is 0 Å². The Morgan fingerprint density at radius 2 is 2.21 bits per heavy atom. The number of likely N-dealkylation sites (tertiary alicyclic amines) is 1. The van der Waals surface area contributed by atoms with Gasteiger partial charge in [-0.3, -0.25) is 4.79 Å². The summed E-state index contributed by atoms with van der Waals surface area (Å²) in [5, 5.41) is 0. The maximum atomic E-state index is 12.2. The predicted octanol–water partition coefficient (Wildman–Crippen LogP) is 1.80. The molecule has 3 rings (SSSR count). The van der Waals surface area contributed by atoms with Crippen molar-refractivity contribution in [1.82, 2.24) is 4.90 Å². The molecule has 3 atom stereocenters. The highest BCUT2D eigenvalue weighted by Gasteiger charge is 2.38. The highest BCUT2D eigenvalue weighted by atomic mass is 16.3. The molecule has 1 amide bonds. The van der Waals surface area contributed by atoms with Gasteiger partial charge in [0.15, 0.2) is 0 Å². The standard InChI is InChI=1S/C15H22N2O2/c16-13-4-3-11-9-17(10-12(11)8-13)15(18)6-5-14-2-1-7-19-14/h1-2,7,11-13H,3-6,8-10,16H2/t11-,12+,13?/m1/s1. The zero-order valence-corrected chi connectivity index (χ0v) is 11.3. The van der Waals surface area contributed by atoms with E-state index in [1.54, 1.807) is 6.26 Å². The van der Waals surface area contributed by atoms with E-state index in [4.69, 9.17) is 10.2 Å². The van der Waals surface area contributed by atoms with E-state index in [2.05, 4.69) is 0 Å². The Labute approximate surface area is 113 Å². The van der Waals surface area contributed by atoms with Crippen LogP contribution in [0.15, 0.2) is 22.8 Å². The Morgan fingerprint density at radius 3 is 3.00 bits per heavy atom. The van der Waals surface area contributed by atoms with Gasteiger partial charge in [-0.2, -0.15) is 0 Å². The lowest BCUT2D eigenvalue weighted by Crippen LogP contribution is -2.32. The molecule has 1 aromatic heterocycles. The second kappa shape index (κ2) is 5.37. The van der Waals surface area contributed by atoms with Gasteiger partial charge in [-0.25, -0.2) is 0 Å². The predicted molar refractivity (Wildman–Crippen MR) is 72.4 cm³/mol. The van der Waals surface area contributed by atoms with E-state index < -0.39 is 0 Å². The summed E-state index contributed by atoms with van der Waals surface area (Å²) >= 11 is 0. The van der Waals surface area contributed by atoms with Crippen molar-refractivity contribution in [3.05, 3.63) is 24.2 Å². The highest BCUT2D eigenvalue weighted by Crippen LogP contribution is 2.35. The molecule has 1 saturated heterocycles. The number of furan rings is 1. The summed E-state index contributed by atoms with van der Waals surface area (Å²) in [7, 11) is 0. The van der Waals surface area contributed by atoms with Crippen LogP contribution in [0.1, 0.15) is 31.4 Å². The van der Waals surface area contributed by atoms with E-state index in [0.29, 0.717) is 30.7 Å². The van der Waals surface area contributed by atoms with Crippen molar-refractivity contribution in [3.8, 4) is 0 Å². The Hall–Kier alpha value is -1.29. The zero-order valence-electron chi connectivity index (χ0n) is 11.3. The second-order valence-electron chi connectivity index (χ2n) is 5.97. The zero-order chi connectivity index (χ0) is 13.2. The lowest BCUT2D eigenvalue weighted by atomic mass is 9.79. The van der Waals surface area contributed by atoms with Gasteiger partial charge in [0.05, 0.1) is 6.26 Å². The number of fused-ring (bicyclic) bond motifs is 1. The number of carbonyl (C=O) groups is 1.